The van der Waals surface area contributed by atoms with Gasteiger partial charge in [-0.05, 0) is 18.4 Å². The Morgan fingerprint density at radius 2 is 1.96 bits per heavy atom. The fraction of sp³-hybridized carbons (Fsp3) is 0.400. The molecule has 148 valence electrons. The van der Waals surface area contributed by atoms with E-state index in [2.05, 4.69) is 36.3 Å². The van der Waals surface area contributed by atoms with Crippen LogP contribution in [-0.2, 0) is 20.7 Å². The van der Waals surface area contributed by atoms with Crippen LogP contribution in [0.4, 0.5) is 4.79 Å². The van der Waals surface area contributed by atoms with Crippen molar-refractivity contribution < 1.29 is 19.1 Å². The van der Waals surface area contributed by atoms with Crippen LogP contribution in [0.2, 0.25) is 0 Å². The van der Waals surface area contributed by atoms with Gasteiger partial charge in [0.15, 0.2) is 6.10 Å². The summed E-state index contributed by atoms with van der Waals surface area (Å²) in [6, 6.07) is 7.75. The van der Waals surface area contributed by atoms with Crippen LogP contribution < -0.4 is 5.32 Å². The highest BCUT2D eigenvalue weighted by Gasteiger charge is 2.31. The number of imide groups is 1. The van der Waals surface area contributed by atoms with Crippen LogP contribution in [0.25, 0.3) is 10.6 Å². The van der Waals surface area contributed by atoms with E-state index in [4.69, 9.17) is 4.74 Å². The molecule has 0 unspecified atom stereocenters. The van der Waals surface area contributed by atoms with Crippen LogP contribution in [0.1, 0.15) is 37.9 Å². The van der Waals surface area contributed by atoms with E-state index in [0.717, 1.165) is 15.5 Å². The third-order valence-electron chi connectivity index (χ3n) is 4.48. The lowest BCUT2D eigenvalue weighted by Gasteiger charge is -2.17. The summed E-state index contributed by atoms with van der Waals surface area (Å²) in [7, 11) is 0. The number of urea groups is 1. The molecule has 1 aromatic carbocycles. The molecule has 7 nitrogen and oxygen atoms in total. The van der Waals surface area contributed by atoms with E-state index in [0.29, 0.717) is 18.2 Å². The zero-order valence-electron chi connectivity index (χ0n) is 16.1. The molecule has 1 N–H and O–H groups in total. The van der Waals surface area contributed by atoms with Crippen LogP contribution in [0.5, 0.6) is 0 Å². The van der Waals surface area contributed by atoms with Crippen molar-refractivity contribution in [2.75, 3.05) is 13.1 Å². The van der Waals surface area contributed by atoms with Crippen molar-refractivity contribution in [2.45, 2.75) is 39.2 Å². The van der Waals surface area contributed by atoms with Crippen molar-refractivity contribution in [2.24, 2.45) is 0 Å². The number of thiazole rings is 1. The van der Waals surface area contributed by atoms with Crippen molar-refractivity contribution >= 4 is 29.2 Å². The summed E-state index contributed by atoms with van der Waals surface area (Å²) in [6.45, 7) is 6.44. The number of amides is 3. The van der Waals surface area contributed by atoms with E-state index in [1.165, 1.54) is 23.8 Å². The molecule has 0 aliphatic carbocycles. The van der Waals surface area contributed by atoms with E-state index in [-0.39, 0.29) is 13.0 Å². The van der Waals surface area contributed by atoms with Crippen LogP contribution in [0.15, 0.2) is 29.6 Å². The normalized spacial score (nSPS) is 14.9. The number of aromatic nitrogens is 1. The van der Waals surface area contributed by atoms with Crippen molar-refractivity contribution in [1.82, 2.24) is 15.2 Å². The molecule has 1 fully saturated rings. The van der Waals surface area contributed by atoms with E-state index in [9.17, 15) is 14.4 Å². The molecule has 0 bridgehead atoms. The van der Waals surface area contributed by atoms with Gasteiger partial charge in [0, 0.05) is 24.0 Å². The van der Waals surface area contributed by atoms with Crippen molar-refractivity contribution in [1.29, 1.82) is 0 Å². The summed E-state index contributed by atoms with van der Waals surface area (Å²) in [5.74, 6) is -0.605. The molecule has 1 aliphatic rings. The number of hydrogen-bond donors (Lipinski definition) is 1. The van der Waals surface area contributed by atoms with Crippen molar-refractivity contribution in [3.8, 4) is 10.6 Å². The molecule has 2 heterocycles. The third kappa shape index (κ3) is 4.56. The molecule has 0 saturated carbocycles. The zero-order chi connectivity index (χ0) is 20.3. The van der Waals surface area contributed by atoms with Gasteiger partial charge >= 0.3 is 12.0 Å². The molecule has 8 heteroatoms. The topological polar surface area (TPSA) is 88.6 Å². The van der Waals surface area contributed by atoms with Crippen LogP contribution in [0, 0.1) is 0 Å². The monoisotopic (exact) mass is 401 g/mol. The first kappa shape index (κ1) is 20.0. The maximum Gasteiger partial charge on any atom is 0.324 e. The van der Waals surface area contributed by atoms with E-state index < -0.39 is 24.0 Å². The first-order valence-electron chi connectivity index (χ1n) is 9.18. The average Bonchev–Trinajstić information content (AvgIpc) is 3.30. The lowest BCUT2D eigenvalue weighted by molar-refractivity contribution is -0.156. The van der Waals surface area contributed by atoms with Gasteiger partial charge < -0.3 is 10.1 Å². The standard InChI is InChI=1S/C20H23N3O4S/c1-12(2)14-4-6-15(7-5-14)18-22-16(11-28-18)10-17(24)27-13(3)19(25)23-9-8-21-20(23)26/h4-7,11-13H,8-10H2,1-3H3,(H,21,26)/t13-/m0/s1. The maximum absolute atomic E-state index is 12.2. The zero-order valence-corrected chi connectivity index (χ0v) is 16.9. The predicted molar refractivity (Wildman–Crippen MR) is 106 cm³/mol. The van der Waals surface area contributed by atoms with Crippen LogP contribution >= 0.6 is 11.3 Å². The van der Waals surface area contributed by atoms with Gasteiger partial charge in [-0.3, -0.25) is 14.5 Å². The number of benzene rings is 1. The second-order valence-electron chi connectivity index (χ2n) is 6.95. The molecule has 1 saturated heterocycles. The minimum Gasteiger partial charge on any atom is -0.452 e. The second-order valence-corrected chi connectivity index (χ2v) is 7.81. The van der Waals surface area contributed by atoms with E-state index >= 15 is 0 Å². The minimum atomic E-state index is -1.02. The summed E-state index contributed by atoms with van der Waals surface area (Å²) in [6.07, 6.45) is -1.04. The highest BCUT2D eigenvalue weighted by atomic mass is 32.1. The molecular weight excluding hydrogens is 378 g/mol. The number of ether oxygens (including phenoxy) is 1. The Morgan fingerprint density at radius 1 is 1.25 bits per heavy atom. The number of nitrogens with zero attached hydrogens (tertiary/aromatic N) is 2. The number of carbonyl (C=O) groups excluding carboxylic acids is 3. The Bertz CT molecular complexity index is 876. The average molecular weight is 401 g/mol. The second kappa shape index (κ2) is 8.52. The fourth-order valence-electron chi connectivity index (χ4n) is 2.87. The van der Waals surface area contributed by atoms with Gasteiger partial charge in [0.05, 0.1) is 12.1 Å². The van der Waals surface area contributed by atoms with Gasteiger partial charge in [-0.15, -0.1) is 11.3 Å². The van der Waals surface area contributed by atoms with Gasteiger partial charge in [-0.25, -0.2) is 9.78 Å². The van der Waals surface area contributed by atoms with E-state index in [1.807, 2.05) is 17.5 Å². The Kier molecular flexibility index (Phi) is 6.08. The lowest BCUT2D eigenvalue weighted by Crippen LogP contribution is -2.42. The summed E-state index contributed by atoms with van der Waals surface area (Å²) >= 11 is 1.46. The first-order valence-corrected chi connectivity index (χ1v) is 10.1. The highest BCUT2D eigenvalue weighted by molar-refractivity contribution is 7.13. The highest BCUT2D eigenvalue weighted by Crippen LogP contribution is 2.26. The quantitative estimate of drug-likeness (QED) is 0.752. The largest absolute Gasteiger partial charge is 0.452 e. The Morgan fingerprint density at radius 3 is 2.57 bits per heavy atom. The lowest BCUT2D eigenvalue weighted by atomic mass is 10.0. The molecule has 0 spiro atoms. The molecule has 1 aromatic heterocycles. The molecule has 3 amide bonds. The minimum absolute atomic E-state index is 0.0234. The van der Waals surface area contributed by atoms with Gasteiger partial charge in [0.2, 0.25) is 0 Å². The molecular formula is C20H23N3O4S. The maximum atomic E-state index is 12.2. The molecule has 3 rings (SSSR count). The summed E-state index contributed by atoms with van der Waals surface area (Å²) < 4.78 is 5.19. The Balaban J connectivity index is 1.57. The smallest absolute Gasteiger partial charge is 0.324 e. The number of carbonyl (C=O) groups is 3. The molecule has 0 radical (unpaired) electrons. The molecule has 28 heavy (non-hydrogen) atoms. The van der Waals surface area contributed by atoms with Crippen LogP contribution in [-0.4, -0.2) is 47.0 Å². The molecule has 1 atom stereocenters. The number of nitrogens with one attached hydrogen (secondary N) is 1. The molecule has 1 aliphatic heterocycles. The molecule has 2 aromatic rings. The Labute approximate surface area is 167 Å². The summed E-state index contributed by atoms with van der Waals surface area (Å²) in [5, 5.41) is 5.19. The van der Waals surface area contributed by atoms with Gasteiger partial charge in [-0.2, -0.15) is 0 Å². The predicted octanol–water partition coefficient (Wildman–Crippen LogP) is 2.96. The van der Waals surface area contributed by atoms with Gasteiger partial charge in [-0.1, -0.05) is 38.1 Å². The third-order valence-corrected chi connectivity index (χ3v) is 5.42. The number of rotatable bonds is 6. The summed E-state index contributed by atoms with van der Waals surface area (Å²) in [4.78, 5) is 41.4. The van der Waals surface area contributed by atoms with E-state index in [1.54, 1.807) is 0 Å². The SMILES string of the molecule is CC(C)c1ccc(-c2nc(CC(=O)O[C@@H](C)C(=O)N3CCNC3=O)cs2)cc1. The van der Waals surface area contributed by atoms with Gasteiger partial charge in [0.1, 0.15) is 5.01 Å². The number of esters is 1. The first-order chi connectivity index (χ1) is 13.3. The Hall–Kier alpha value is -2.74. The van der Waals surface area contributed by atoms with Crippen molar-refractivity contribution in [3.63, 3.8) is 0 Å². The summed E-state index contributed by atoms with van der Waals surface area (Å²) in [5.41, 5.74) is 2.85. The fourth-order valence-corrected chi connectivity index (χ4v) is 3.70. The van der Waals surface area contributed by atoms with Gasteiger partial charge in [0.25, 0.3) is 5.91 Å². The number of hydrogen-bond acceptors (Lipinski definition) is 6. The van der Waals surface area contributed by atoms with Crippen molar-refractivity contribution in [3.05, 3.63) is 40.9 Å². The van der Waals surface area contributed by atoms with Crippen LogP contribution in [0.3, 0.4) is 0 Å².